The molecule has 0 aromatic heterocycles. The Kier molecular flexibility index (Phi) is 7.45. The smallest absolute Gasteiger partial charge is 0.266 e. The Morgan fingerprint density at radius 2 is 1.96 bits per heavy atom. The fraction of sp³-hybridized carbons (Fsp3) is 0.273. The number of aryl methyl sites for hydroxylation is 1. The average molecular weight is 364 g/mol. The fourth-order valence-electron chi connectivity index (χ4n) is 2.54. The number of nitrogens with zero attached hydrogens (tertiary/aromatic N) is 1. The molecule has 140 valence electrons. The van der Waals surface area contributed by atoms with Crippen molar-refractivity contribution in [3.8, 4) is 17.6 Å². The molecule has 2 rings (SSSR count). The van der Waals surface area contributed by atoms with Gasteiger partial charge in [0.05, 0.1) is 6.61 Å². The summed E-state index contributed by atoms with van der Waals surface area (Å²) in [6.07, 6.45) is 4.74. The second-order valence-electron chi connectivity index (χ2n) is 6.08. The van der Waals surface area contributed by atoms with Crippen molar-refractivity contribution in [3.05, 3.63) is 59.2 Å². The second kappa shape index (κ2) is 10.0. The standard InChI is InChI=1S/C22H24N2O3/c1-3-5-6-16-7-10-19(11-8-16)24-22(26)18(15-23)13-17-9-12-20(25)21(14-17)27-4-2/h7-14,25H,3-6H2,1-2H3,(H,24,26)/b18-13+. The molecule has 0 unspecified atom stereocenters. The minimum atomic E-state index is -0.482. The SMILES string of the molecule is CCCCc1ccc(NC(=O)/C(C#N)=C/c2ccc(O)c(OCC)c2)cc1. The van der Waals surface area contributed by atoms with Crippen LogP contribution in [0.4, 0.5) is 5.69 Å². The van der Waals surface area contributed by atoms with Gasteiger partial charge in [-0.05, 0) is 61.2 Å². The molecule has 1 amide bonds. The summed E-state index contributed by atoms with van der Waals surface area (Å²) in [5.41, 5.74) is 2.43. The molecule has 2 aromatic rings. The Morgan fingerprint density at radius 1 is 1.22 bits per heavy atom. The number of carbonyl (C=O) groups is 1. The molecule has 0 radical (unpaired) electrons. The van der Waals surface area contributed by atoms with Gasteiger partial charge in [0.2, 0.25) is 0 Å². The minimum absolute atomic E-state index is 0.0140. The van der Waals surface area contributed by atoms with Crippen molar-refractivity contribution in [2.75, 3.05) is 11.9 Å². The monoisotopic (exact) mass is 364 g/mol. The third kappa shape index (κ3) is 5.89. The number of rotatable bonds is 8. The van der Waals surface area contributed by atoms with Gasteiger partial charge in [-0.3, -0.25) is 4.79 Å². The van der Waals surface area contributed by atoms with E-state index in [1.165, 1.54) is 17.7 Å². The first kappa shape index (κ1) is 20.1. The molecule has 27 heavy (non-hydrogen) atoms. The van der Waals surface area contributed by atoms with Gasteiger partial charge in [0.15, 0.2) is 11.5 Å². The zero-order chi connectivity index (χ0) is 19.6. The molecule has 0 aliphatic carbocycles. The quantitative estimate of drug-likeness (QED) is 0.526. The van der Waals surface area contributed by atoms with Crippen molar-refractivity contribution in [1.29, 1.82) is 5.26 Å². The van der Waals surface area contributed by atoms with Gasteiger partial charge in [-0.1, -0.05) is 31.5 Å². The topological polar surface area (TPSA) is 82.4 Å². The van der Waals surface area contributed by atoms with E-state index in [9.17, 15) is 15.2 Å². The van der Waals surface area contributed by atoms with Gasteiger partial charge in [-0.15, -0.1) is 0 Å². The maximum absolute atomic E-state index is 12.4. The van der Waals surface area contributed by atoms with Crippen molar-refractivity contribution in [1.82, 2.24) is 0 Å². The fourth-order valence-corrected chi connectivity index (χ4v) is 2.54. The number of aromatic hydroxyl groups is 1. The highest BCUT2D eigenvalue weighted by molar-refractivity contribution is 6.09. The summed E-state index contributed by atoms with van der Waals surface area (Å²) in [6, 6.07) is 14.2. The first-order valence-corrected chi connectivity index (χ1v) is 9.05. The predicted molar refractivity (Wildman–Crippen MR) is 107 cm³/mol. The number of anilines is 1. The number of hydrogen-bond acceptors (Lipinski definition) is 4. The Labute approximate surface area is 159 Å². The summed E-state index contributed by atoms with van der Waals surface area (Å²) < 4.78 is 5.33. The van der Waals surface area contributed by atoms with E-state index in [1.807, 2.05) is 37.3 Å². The number of benzene rings is 2. The molecule has 0 aliphatic rings. The van der Waals surface area contributed by atoms with E-state index >= 15 is 0 Å². The molecule has 0 heterocycles. The van der Waals surface area contributed by atoms with E-state index in [-0.39, 0.29) is 11.3 Å². The lowest BCUT2D eigenvalue weighted by Gasteiger charge is -2.08. The maximum atomic E-state index is 12.4. The normalized spacial score (nSPS) is 10.9. The maximum Gasteiger partial charge on any atom is 0.266 e. The molecule has 0 atom stereocenters. The van der Waals surface area contributed by atoms with Crippen molar-refractivity contribution < 1.29 is 14.6 Å². The van der Waals surface area contributed by atoms with Gasteiger partial charge >= 0.3 is 0 Å². The molecule has 0 aliphatic heterocycles. The Balaban J connectivity index is 2.12. The zero-order valence-corrected chi connectivity index (χ0v) is 15.7. The molecule has 2 aromatic carbocycles. The van der Waals surface area contributed by atoms with Crippen LogP contribution in [0.5, 0.6) is 11.5 Å². The van der Waals surface area contributed by atoms with Crippen LogP contribution in [0.3, 0.4) is 0 Å². The number of ether oxygens (including phenoxy) is 1. The van der Waals surface area contributed by atoms with Crippen LogP contribution in [-0.4, -0.2) is 17.6 Å². The van der Waals surface area contributed by atoms with Crippen molar-refractivity contribution >= 4 is 17.7 Å². The van der Waals surface area contributed by atoms with Crippen LogP contribution in [0.25, 0.3) is 6.08 Å². The molecular weight excluding hydrogens is 340 g/mol. The number of phenols is 1. The van der Waals surface area contributed by atoms with Crippen molar-refractivity contribution in [2.45, 2.75) is 33.1 Å². The lowest BCUT2D eigenvalue weighted by Crippen LogP contribution is -2.13. The lowest BCUT2D eigenvalue weighted by atomic mass is 10.1. The summed E-state index contributed by atoms with van der Waals surface area (Å²) in [7, 11) is 0. The van der Waals surface area contributed by atoms with Gasteiger partial charge in [-0.25, -0.2) is 0 Å². The molecule has 0 bridgehead atoms. The zero-order valence-electron chi connectivity index (χ0n) is 15.7. The van der Waals surface area contributed by atoms with E-state index in [0.29, 0.717) is 23.6 Å². The summed E-state index contributed by atoms with van der Waals surface area (Å²) in [5, 5.41) is 21.8. The molecule has 0 spiro atoms. The highest BCUT2D eigenvalue weighted by Gasteiger charge is 2.11. The number of phenolic OH excluding ortho intramolecular Hbond substituents is 1. The number of amides is 1. The van der Waals surface area contributed by atoms with E-state index in [1.54, 1.807) is 12.1 Å². The van der Waals surface area contributed by atoms with E-state index in [2.05, 4.69) is 12.2 Å². The van der Waals surface area contributed by atoms with Gasteiger partial charge in [0, 0.05) is 5.69 Å². The third-order valence-corrected chi connectivity index (χ3v) is 3.99. The van der Waals surface area contributed by atoms with E-state index < -0.39 is 5.91 Å². The van der Waals surface area contributed by atoms with Crippen LogP contribution in [0.2, 0.25) is 0 Å². The number of unbranched alkanes of at least 4 members (excludes halogenated alkanes) is 1. The van der Waals surface area contributed by atoms with E-state index in [0.717, 1.165) is 19.3 Å². The second-order valence-corrected chi connectivity index (χ2v) is 6.08. The van der Waals surface area contributed by atoms with Gasteiger partial charge in [0.25, 0.3) is 5.91 Å². The molecule has 0 fully saturated rings. The third-order valence-electron chi connectivity index (χ3n) is 3.99. The average Bonchev–Trinajstić information content (AvgIpc) is 2.68. The van der Waals surface area contributed by atoms with Crippen LogP contribution in [-0.2, 0) is 11.2 Å². The molecule has 2 N–H and O–H groups in total. The van der Waals surface area contributed by atoms with Crippen molar-refractivity contribution in [2.24, 2.45) is 0 Å². The number of hydrogen-bond donors (Lipinski definition) is 2. The van der Waals surface area contributed by atoms with Gasteiger partial charge in [0.1, 0.15) is 11.6 Å². The molecule has 0 saturated carbocycles. The highest BCUT2D eigenvalue weighted by atomic mass is 16.5. The first-order chi connectivity index (χ1) is 13.1. The van der Waals surface area contributed by atoms with Crippen molar-refractivity contribution in [3.63, 3.8) is 0 Å². The minimum Gasteiger partial charge on any atom is -0.504 e. The van der Waals surface area contributed by atoms with Crippen LogP contribution in [0.1, 0.15) is 37.8 Å². The highest BCUT2D eigenvalue weighted by Crippen LogP contribution is 2.27. The molecule has 5 nitrogen and oxygen atoms in total. The van der Waals surface area contributed by atoms with Crippen LogP contribution in [0, 0.1) is 11.3 Å². The van der Waals surface area contributed by atoms with Gasteiger partial charge in [-0.2, -0.15) is 5.26 Å². The summed E-state index contributed by atoms with van der Waals surface area (Å²) in [4.78, 5) is 12.4. The Morgan fingerprint density at radius 3 is 2.59 bits per heavy atom. The summed E-state index contributed by atoms with van der Waals surface area (Å²) in [5.74, 6) is -0.156. The van der Waals surface area contributed by atoms with Crippen LogP contribution >= 0.6 is 0 Å². The largest absolute Gasteiger partial charge is 0.504 e. The number of carbonyl (C=O) groups excluding carboxylic acids is 1. The number of nitriles is 1. The molecular formula is C22H24N2O3. The van der Waals surface area contributed by atoms with Crippen LogP contribution < -0.4 is 10.1 Å². The Hall–Kier alpha value is -3.26. The lowest BCUT2D eigenvalue weighted by molar-refractivity contribution is -0.112. The molecule has 0 saturated heterocycles. The predicted octanol–water partition coefficient (Wildman–Crippen LogP) is 4.68. The summed E-state index contributed by atoms with van der Waals surface area (Å²) in [6.45, 7) is 4.36. The molecule has 5 heteroatoms. The first-order valence-electron chi connectivity index (χ1n) is 9.05. The summed E-state index contributed by atoms with van der Waals surface area (Å²) >= 11 is 0. The van der Waals surface area contributed by atoms with Gasteiger partial charge < -0.3 is 15.2 Å². The van der Waals surface area contributed by atoms with E-state index in [4.69, 9.17) is 4.74 Å². The number of nitrogens with one attached hydrogen (secondary N) is 1. The van der Waals surface area contributed by atoms with Crippen LogP contribution in [0.15, 0.2) is 48.0 Å². The Bertz CT molecular complexity index is 849.